The number of carbonyl (C=O) groups is 2. The number of unbranched alkanes of at least 4 members (excludes halogenated alkanes) is 2. The highest BCUT2D eigenvalue weighted by atomic mass is 32.2. The fraction of sp³-hybridized carbons (Fsp3) is 0.579. The van der Waals surface area contributed by atoms with Crippen molar-refractivity contribution in [3.8, 4) is 0 Å². The average Bonchev–Trinajstić information content (AvgIpc) is 3.24. The molecule has 0 spiro atoms. The molecular weight excluding hydrogens is 398 g/mol. The number of rotatable bonds is 7. The predicted octanol–water partition coefficient (Wildman–Crippen LogP) is 3.50. The van der Waals surface area contributed by atoms with E-state index in [1.54, 1.807) is 22.8 Å². The number of thiophene rings is 1. The largest absolute Gasteiger partial charge is 0.453 e. The van der Waals surface area contributed by atoms with E-state index in [4.69, 9.17) is 4.98 Å². The van der Waals surface area contributed by atoms with Gasteiger partial charge in [-0.25, -0.2) is 9.78 Å². The van der Waals surface area contributed by atoms with E-state index in [-0.39, 0.29) is 5.56 Å². The Hall–Kier alpha value is -1.87. The Morgan fingerprint density at radius 2 is 2.14 bits per heavy atom. The van der Waals surface area contributed by atoms with E-state index in [0.717, 1.165) is 54.3 Å². The van der Waals surface area contributed by atoms with E-state index in [1.165, 1.54) is 23.7 Å². The lowest BCUT2D eigenvalue weighted by Crippen LogP contribution is -2.36. The van der Waals surface area contributed by atoms with Crippen molar-refractivity contribution in [1.29, 1.82) is 0 Å². The summed E-state index contributed by atoms with van der Waals surface area (Å²) in [6, 6.07) is 0. The van der Waals surface area contributed by atoms with Crippen LogP contribution in [0.4, 0.5) is 4.79 Å². The summed E-state index contributed by atoms with van der Waals surface area (Å²) < 4.78 is 6.18. The van der Waals surface area contributed by atoms with Crippen LogP contribution < -0.4 is 10.9 Å². The molecule has 0 saturated heterocycles. The van der Waals surface area contributed by atoms with Gasteiger partial charge in [-0.3, -0.25) is 19.5 Å². The zero-order valence-electron chi connectivity index (χ0n) is 16.4. The van der Waals surface area contributed by atoms with Crippen LogP contribution in [0.5, 0.6) is 0 Å². The minimum Gasteiger partial charge on any atom is -0.453 e. The molecule has 0 aliphatic heterocycles. The van der Waals surface area contributed by atoms with E-state index in [9.17, 15) is 14.4 Å². The van der Waals surface area contributed by atoms with Crippen molar-refractivity contribution >= 4 is 45.3 Å². The van der Waals surface area contributed by atoms with Gasteiger partial charge in [-0.1, -0.05) is 31.5 Å². The Kier molecular flexibility index (Phi) is 6.77. The number of aromatic nitrogens is 2. The lowest BCUT2D eigenvalue weighted by molar-refractivity contribution is -0.119. The minimum absolute atomic E-state index is 0.0106. The molecule has 0 saturated carbocycles. The second-order valence-electron chi connectivity index (χ2n) is 6.84. The van der Waals surface area contributed by atoms with Crippen molar-refractivity contribution in [1.82, 2.24) is 14.9 Å². The van der Waals surface area contributed by atoms with Crippen LogP contribution in [-0.2, 0) is 28.9 Å². The van der Waals surface area contributed by atoms with Crippen LogP contribution in [0.1, 0.15) is 50.0 Å². The summed E-state index contributed by atoms with van der Waals surface area (Å²) in [4.78, 5) is 43.5. The lowest BCUT2D eigenvalue weighted by atomic mass is 10.2. The molecule has 0 aromatic carbocycles. The summed E-state index contributed by atoms with van der Waals surface area (Å²) in [5.74, 6) is -0.472. The summed E-state index contributed by atoms with van der Waals surface area (Å²) in [5.41, 5.74) is 1.15. The molecule has 7 nitrogen and oxygen atoms in total. The van der Waals surface area contributed by atoms with Crippen LogP contribution in [0, 0.1) is 0 Å². The van der Waals surface area contributed by atoms with E-state index in [1.807, 2.05) is 0 Å². The molecule has 9 heteroatoms. The second kappa shape index (κ2) is 9.09. The summed E-state index contributed by atoms with van der Waals surface area (Å²) in [6.45, 7) is 4.38. The van der Waals surface area contributed by atoms with Crippen LogP contribution in [0.25, 0.3) is 10.2 Å². The van der Waals surface area contributed by atoms with Crippen molar-refractivity contribution in [3.05, 3.63) is 20.8 Å². The van der Waals surface area contributed by atoms with Gasteiger partial charge in [0, 0.05) is 11.4 Å². The number of alkyl carbamates (subject to hydrolysis) is 1. The third kappa shape index (κ3) is 4.25. The Bertz CT molecular complexity index is 951. The first-order chi connectivity index (χ1) is 13.5. The first-order valence-corrected chi connectivity index (χ1v) is 11.3. The van der Waals surface area contributed by atoms with Crippen molar-refractivity contribution in [2.45, 2.75) is 69.3 Å². The smallest absolute Gasteiger partial charge is 0.413 e. The third-order valence-electron chi connectivity index (χ3n) is 4.84. The monoisotopic (exact) mass is 423 g/mol. The maximum absolute atomic E-state index is 13.3. The number of thioether (sulfide) groups is 1. The number of amides is 2. The van der Waals surface area contributed by atoms with Crippen molar-refractivity contribution in [2.75, 3.05) is 7.11 Å². The first-order valence-electron chi connectivity index (χ1n) is 9.56. The molecule has 1 atom stereocenters. The number of nitrogens with one attached hydrogen (secondary N) is 1. The zero-order valence-corrected chi connectivity index (χ0v) is 18.0. The summed E-state index contributed by atoms with van der Waals surface area (Å²) in [7, 11) is 1.21. The molecule has 2 aromatic rings. The van der Waals surface area contributed by atoms with Gasteiger partial charge in [-0.05, 0) is 38.2 Å². The van der Waals surface area contributed by atoms with E-state index >= 15 is 0 Å². The fourth-order valence-electron chi connectivity index (χ4n) is 3.33. The maximum Gasteiger partial charge on any atom is 0.413 e. The van der Waals surface area contributed by atoms with E-state index in [2.05, 4.69) is 17.0 Å². The molecule has 0 unspecified atom stereocenters. The maximum atomic E-state index is 13.3. The van der Waals surface area contributed by atoms with Gasteiger partial charge in [0.2, 0.25) is 5.91 Å². The number of ether oxygens (including phenoxy) is 1. The zero-order chi connectivity index (χ0) is 20.3. The molecule has 2 amide bonds. The van der Waals surface area contributed by atoms with Crippen molar-refractivity contribution in [3.63, 3.8) is 0 Å². The number of aryl methyl sites for hydroxylation is 2. The molecule has 1 N–H and O–H groups in total. The van der Waals surface area contributed by atoms with Crippen molar-refractivity contribution in [2.24, 2.45) is 0 Å². The number of carbonyl (C=O) groups excluding carboxylic acids is 2. The molecule has 3 rings (SSSR count). The molecule has 28 heavy (non-hydrogen) atoms. The van der Waals surface area contributed by atoms with Gasteiger partial charge in [0.1, 0.15) is 4.83 Å². The van der Waals surface area contributed by atoms with Gasteiger partial charge in [-0.15, -0.1) is 11.3 Å². The first kappa shape index (κ1) is 20.9. The Morgan fingerprint density at radius 1 is 1.36 bits per heavy atom. The van der Waals surface area contributed by atoms with Gasteiger partial charge in [0.15, 0.2) is 5.16 Å². The van der Waals surface area contributed by atoms with Gasteiger partial charge < -0.3 is 4.74 Å². The highest BCUT2D eigenvalue weighted by molar-refractivity contribution is 8.00. The normalized spacial score (nSPS) is 14.1. The van der Waals surface area contributed by atoms with Crippen LogP contribution in [0.15, 0.2) is 9.95 Å². The number of methoxy groups -OCH3 is 1. The van der Waals surface area contributed by atoms with E-state index in [0.29, 0.717) is 11.7 Å². The summed E-state index contributed by atoms with van der Waals surface area (Å²) in [6.07, 6.45) is 5.20. The number of hydrogen-bond donors (Lipinski definition) is 1. The van der Waals surface area contributed by atoms with Gasteiger partial charge >= 0.3 is 6.09 Å². The molecule has 1 aliphatic carbocycles. The van der Waals surface area contributed by atoms with Gasteiger partial charge in [0.25, 0.3) is 5.56 Å². The molecule has 0 radical (unpaired) electrons. The molecule has 0 fully saturated rings. The van der Waals surface area contributed by atoms with Crippen LogP contribution >= 0.6 is 23.1 Å². The fourth-order valence-corrected chi connectivity index (χ4v) is 5.57. The average molecular weight is 424 g/mol. The highest BCUT2D eigenvalue weighted by Crippen LogP contribution is 2.36. The molecule has 152 valence electrons. The Morgan fingerprint density at radius 3 is 2.86 bits per heavy atom. The quantitative estimate of drug-likeness (QED) is 0.416. The lowest BCUT2D eigenvalue weighted by Gasteiger charge is -2.15. The number of nitrogens with zero attached hydrogens (tertiary/aromatic N) is 2. The minimum atomic E-state index is -0.795. The number of fused-ring (bicyclic) bond motifs is 3. The number of hydrogen-bond acceptors (Lipinski definition) is 7. The second-order valence-corrected chi connectivity index (χ2v) is 9.23. The van der Waals surface area contributed by atoms with Crippen molar-refractivity contribution < 1.29 is 14.3 Å². The van der Waals surface area contributed by atoms with E-state index < -0.39 is 17.3 Å². The highest BCUT2D eigenvalue weighted by Gasteiger charge is 2.25. The third-order valence-corrected chi connectivity index (χ3v) is 7.11. The topological polar surface area (TPSA) is 90.3 Å². The Labute approximate surface area is 171 Å². The Balaban J connectivity index is 1.95. The van der Waals surface area contributed by atoms with Crippen LogP contribution in [0.3, 0.4) is 0 Å². The molecule has 1 aliphatic rings. The summed E-state index contributed by atoms with van der Waals surface area (Å²) in [5, 5.41) is 2.86. The number of imide groups is 1. The summed E-state index contributed by atoms with van der Waals surface area (Å²) >= 11 is 2.79. The molecule has 2 aromatic heterocycles. The SMILES string of the molecule is CCCCCn1c(S[C@@H](C)C(=O)NC(=O)OC)nc2sc3c(c2c1=O)CCC3. The molecule has 0 bridgehead atoms. The standard InChI is InChI=1S/C19H25N3O4S2/c1-4-5-6-10-22-17(24)14-12-8-7-9-13(12)28-16(14)21-18(22)27-11(2)15(23)20-19(25)26-3/h11H,4-10H2,1-3H3,(H,20,23,25)/t11-/m0/s1. The predicted molar refractivity (Wildman–Crippen MR) is 111 cm³/mol. The van der Waals surface area contributed by atoms with Crippen LogP contribution in [-0.4, -0.2) is 33.9 Å². The molecular formula is C19H25N3O4S2. The molecule has 2 heterocycles. The van der Waals surface area contributed by atoms with Gasteiger partial charge in [-0.2, -0.15) is 0 Å². The van der Waals surface area contributed by atoms with Gasteiger partial charge in [0.05, 0.1) is 17.7 Å². The van der Waals surface area contributed by atoms with Crippen LogP contribution in [0.2, 0.25) is 0 Å².